The Balaban J connectivity index is 2.25. The van der Waals surface area contributed by atoms with Gasteiger partial charge in [-0.1, -0.05) is 49.6 Å². The van der Waals surface area contributed by atoms with E-state index in [2.05, 4.69) is 12.1 Å². The molecule has 0 radical (unpaired) electrons. The van der Waals surface area contributed by atoms with Gasteiger partial charge in [0, 0.05) is 0 Å². The molecule has 0 atom stereocenters. The first-order valence-electron chi connectivity index (χ1n) is 6.54. The van der Waals surface area contributed by atoms with Crippen LogP contribution in [0.4, 0.5) is 0 Å². The van der Waals surface area contributed by atoms with E-state index >= 15 is 0 Å². The monoisotopic (exact) mass is 232 g/mol. The summed E-state index contributed by atoms with van der Waals surface area (Å²) in [5.41, 5.74) is 0.776. The molecule has 0 spiro atoms. The van der Waals surface area contributed by atoms with Crippen LogP contribution in [0.25, 0.3) is 0 Å². The standard InChI is InChI=1S/C15H20O2/c16-13-17-15(14-9-5-4-6-10-14)11-7-2-1-3-8-12-15/h4-6,9-10,13H,1-3,7-8,11-12H2. The molecule has 1 aliphatic carbocycles. The molecule has 0 N–H and O–H groups in total. The predicted octanol–water partition coefficient (Wildman–Crippen LogP) is 3.80. The first-order valence-corrected chi connectivity index (χ1v) is 6.54. The number of benzene rings is 1. The fourth-order valence-corrected chi connectivity index (χ4v) is 2.79. The maximum atomic E-state index is 10.8. The van der Waals surface area contributed by atoms with Crippen molar-refractivity contribution in [3.05, 3.63) is 35.9 Å². The van der Waals surface area contributed by atoms with Crippen LogP contribution in [0.5, 0.6) is 0 Å². The summed E-state index contributed by atoms with van der Waals surface area (Å²) in [7, 11) is 0. The van der Waals surface area contributed by atoms with Crippen LogP contribution in [0, 0.1) is 0 Å². The average molecular weight is 232 g/mol. The van der Waals surface area contributed by atoms with Crippen LogP contribution in [0.15, 0.2) is 30.3 Å². The predicted molar refractivity (Wildman–Crippen MR) is 67.6 cm³/mol. The molecule has 0 heterocycles. The SMILES string of the molecule is O=COC1(c2ccccc2)CCCCCCC1. The fourth-order valence-electron chi connectivity index (χ4n) is 2.79. The molecule has 1 saturated carbocycles. The highest BCUT2D eigenvalue weighted by Crippen LogP contribution is 2.38. The summed E-state index contributed by atoms with van der Waals surface area (Å²) in [5, 5.41) is 0. The van der Waals surface area contributed by atoms with Gasteiger partial charge in [0.1, 0.15) is 5.60 Å². The van der Waals surface area contributed by atoms with Gasteiger partial charge in [-0.2, -0.15) is 0 Å². The third kappa shape index (κ3) is 2.87. The smallest absolute Gasteiger partial charge is 0.293 e. The van der Waals surface area contributed by atoms with Crippen LogP contribution in [0.2, 0.25) is 0 Å². The van der Waals surface area contributed by atoms with Gasteiger partial charge in [-0.15, -0.1) is 0 Å². The summed E-state index contributed by atoms with van der Waals surface area (Å²) in [6, 6.07) is 10.2. The first-order chi connectivity index (χ1) is 8.37. The largest absolute Gasteiger partial charge is 0.456 e. The Morgan fingerprint density at radius 1 is 0.941 bits per heavy atom. The summed E-state index contributed by atoms with van der Waals surface area (Å²) in [6.07, 6.45) is 8.00. The van der Waals surface area contributed by atoms with Crippen LogP contribution in [-0.4, -0.2) is 6.47 Å². The molecule has 0 saturated heterocycles. The average Bonchev–Trinajstić information content (AvgIpc) is 2.34. The fraction of sp³-hybridized carbons (Fsp3) is 0.533. The third-order valence-corrected chi connectivity index (χ3v) is 3.73. The van der Waals surface area contributed by atoms with Crippen molar-refractivity contribution in [3.8, 4) is 0 Å². The van der Waals surface area contributed by atoms with E-state index in [0.29, 0.717) is 6.47 Å². The summed E-state index contributed by atoms with van der Waals surface area (Å²) in [4.78, 5) is 10.8. The van der Waals surface area contributed by atoms with Gasteiger partial charge in [-0.05, 0) is 31.2 Å². The van der Waals surface area contributed by atoms with E-state index in [0.717, 1.165) is 31.2 Å². The molecule has 1 aliphatic rings. The van der Waals surface area contributed by atoms with Crippen LogP contribution in [0.1, 0.15) is 50.5 Å². The molecule has 92 valence electrons. The Morgan fingerprint density at radius 2 is 1.53 bits per heavy atom. The van der Waals surface area contributed by atoms with Crippen molar-refractivity contribution in [2.75, 3.05) is 0 Å². The third-order valence-electron chi connectivity index (χ3n) is 3.73. The van der Waals surface area contributed by atoms with E-state index < -0.39 is 0 Å². The van der Waals surface area contributed by atoms with Gasteiger partial charge in [-0.25, -0.2) is 0 Å². The maximum absolute atomic E-state index is 10.8. The van der Waals surface area contributed by atoms with Crippen LogP contribution >= 0.6 is 0 Å². The summed E-state index contributed by atoms with van der Waals surface area (Å²) in [6.45, 7) is 0.620. The Bertz CT molecular complexity index is 337. The van der Waals surface area contributed by atoms with E-state index in [1.54, 1.807) is 0 Å². The minimum atomic E-state index is -0.372. The summed E-state index contributed by atoms with van der Waals surface area (Å²) in [5.74, 6) is 0. The second-order valence-electron chi connectivity index (χ2n) is 4.84. The lowest BCUT2D eigenvalue weighted by atomic mass is 9.81. The Hall–Kier alpha value is -1.31. The van der Waals surface area contributed by atoms with Crippen LogP contribution in [-0.2, 0) is 15.1 Å². The van der Waals surface area contributed by atoms with Gasteiger partial charge in [0.25, 0.3) is 6.47 Å². The lowest BCUT2D eigenvalue weighted by Gasteiger charge is -2.34. The topological polar surface area (TPSA) is 26.3 Å². The molecule has 2 heteroatoms. The number of carbonyl (C=O) groups is 1. The van der Waals surface area contributed by atoms with E-state index in [4.69, 9.17) is 4.74 Å². The number of rotatable bonds is 3. The van der Waals surface area contributed by atoms with Crippen molar-refractivity contribution in [2.45, 2.75) is 50.5 Å². The highest BCUT2D eigenvalue weighted by molar-refractivity contribution is 5.40. The second-order valence-corrected chi connectivity index (χ2v) is 4.84. The van der Waals surface area contributed by atoms with Crippen molar-refractivity contribution < 1.29 is 9.53 Å². The van der Waals surface area contributed by atoms with E-state index in [1.165, 1.54) is 19.3 Å². The Kier molecular flexibility index (Phi) is 4.18. The van der Waals surface area contributed by atoms with Gasteiger partial charge in [0.2, 0.25) is 0 Å². The van der Waals surface area contributed by atoms with E-state index in [1.807, 2.05) is 18.2 Å². The summed E-state index contributed by atoms with van der Waals surface area (Å²) < 4.78 is 5.51. The zero-order valence-corrected chi connectivity index (χ0v) is 10.2. The van der Waals surface area contributed by atoms with Crippen molar-refractivity contribution in [2.24, 2.45) is 0 Å². The molecule has 0 unspecified atom stereocenters. The molecule has 1 aromatic carbocycles. The highest BCUT2D eigenvalue weighted by atomic mass is 16.5. The van der Waals surface area contributed by atoms with Gasteiger partial charge >= 0.3 is 0 Å². The molecule has 1 fully saturated rings. The lowest BCUT2D eigenvalue weighted by molar-refractivity contribution is -0.147. The number of ether oxygens (including phenoxy) is 1. The molecule has 0 aliphatic heterocycles. The number of hydrogen-bond acceptors (Lipinski definition) is 2. The zero-order valence-electron chi connectivity index (χ0n) is 10.2. The minimum Gasteiger partial charge on any atom is -0.456 e. The molecule has 2 rings (SSSR count). The van der Waals surface area contributed by atoms with Gasteiger partial charge in [0.05, 0.1) is 0 Å². The highest BCUT2D eigenvalue weighted by Gasteiger charge is 2.33. The van der Waals surface area contributed by atoms with Gasteiger partial charge < -0.3 is 4.74 Å². The van der Waals surface area contributed by atoms with Gasteiger partial charge in [-0.3, -0.25) is 4.79 Å². The van der Waals surface area contributed by atoms with Crippen LogP contribution < -0.4 is 0 Å². The second kappa shape index (κ2) is 5.85. The Labute approximate surface area is 103 Å². The lowest BCUT2D eigenvalue weighted by Crippen LogP contribution is -2.30. The molecule has 0 bridgehead atoms. The van der Waals surface area contributed by atoms with Crippen molar-refractivity contribution in [1.29, 1.82) is 0 Å². The maximum Gasteiger partial charge on any atom is 0.293 e. The van der Waals surface area contributed by atoms with E-state index in [-0.39, 0.29) is 5.60 Å². The van der Waals surface area contributed by atoms with Crippen molar-refractivity contribution >= 4 is 6.47 Å². The molecule has 17 heavy (non-hydrogen) atoms. The first kappa shape index (κ1) is 12.2. The Morgan fingerprint density at radius 3 is 2.12 bits per heavy atom. The van der Waals surface area contributed by atoms with Gasteiger partial charge in [0.15, 0.2) is 0 Å². The molecule has 1 aromatic rings. The van der Waals surface area contributed by atoms with E-state index in [9.17, 15) is 4.79 Å². The minimum absolute atomic E-state index is 0.372. The van der Waals surface area contributed by atoms with Crippen molar-refractivity contribution in [1.82, 2.24) is 0 Å². The normalized spacial score (nSPS) is 20.0. The zero-order chi connectivity index (χ0) is 12.0. The molecule has 0 amide bonds. The molecule has 0 aromatic heterocycles. The van der Waals surface area contributed by atoms with Crippen LogP contribution in [0.3, 0.4) is 0 Å². The quantitative estimate of drug-likeness (QED) is 0.741. The van der Waals surface area contributed by atoms with Crippen molar-refractivity contribution in [3.63, 3.8) is 0 Å². The molecule has 2 nitrogen and oxygen atoms in total. The molecular weight excluding hydrogens is 212 g/mol. The number of carbonyl (C=O) groups excluding carboxylic acids is 1. The number of hydrogen-bond donors (Lipinski definition) is 0. The summed E-state index contributed by atoms with van der Waals surface area (Å²) >= 11 is 0. The molecular formula is C15H20O2.